The van der Waals surface area contributed by atoms with Gasteiger partial charge in [-0.1, -0.05) is 46.4 Å². The van der Waals surface area contributed by atoms with Crippen LogP contribution in [0.15, 0.2) is 6.07 Å². The smallest absolute Gasteiger partial charge is 0.166 e. The van der Waals surface area contributed by atoms with Gasteiger partial charge in [0, 0.05) is 0 Å². The zero-order valence-electron chi connectivity index (χ0n) is 6.22. The fourth-order valence-electron chi connectivity index (χ4n) is 0.826. The number of hydrogen-bond acceptors (Lipinski definition) is 0. The number of hydrogen-bond donors (Lipinski definition) is 0. The van der Waals surface area contributed by atoms with E-state index in [0.717, 1.165) is 6.07 Å². The first-order valence-electron chi connectivity index (χ1n) is 3.15. The molecule has 0 N–H and O–H groups in total. The summed E-state index contributed by atoms with van der Waals surface area (Å²) in [6.07, 6.45) is -4.65. The van der Waals surface area contributed by atoms with Crippen LogP contribution >= 0.6 is 46.4 Å². The van der Waals surface area contributed by atoms with E-state index in [9.17, 15) is 13.2 Å². The average Bonchev–Trinajstić information content (AvgIpc) is 1.97. The molecule has 0 heterocycles. The van der Waals surface area contributed by atoms with Crippen LogP contribution in [0.1, 0.15) is 5.56 Å². The van der Waals surface area contributed by atoms with Gasteiger partial charge in [-0.3, -0.25) is 0 Å². The van der Waals surface area contributed by atoms with E-state index in [2.05, 4.69) is 0 Å². The maximum Gasteiger partial charge on any atom is 0.419 e. The summed E-state index contributed by atoms with van der Waals surface area (Å²) in [5.41, 5.74) is -1.17. The molecule has 0 nitrogen and oxygen atoms in total. The van der Waals surface area contributed by atoms with Crippen LogP contribution in [0, 0.1) is 0 Å². The van der Waals surface area contributed by atoms with E-state index in [4.69, 9.17) is 46.4 Å². The molecule has 7 heteroatoms. The Kier molecular flexibility index (Phi) is 3.47. The van der Waals surface area contributed by atoms with Gasteiger partial charge in [-0.15, -0.1) is 0 Å². The second kappa shape index (κ2) is 3.97. The molecule has 0 radical (unpaired) electrons. The fraction of sp³-hybridized carbons (Fsp3) is 0.143. The molecule has 14 heavy (non-hydrogen) atoms. The largest absolute Gasteiger partial charge is 0.419 e. The predicted molar refractivity (Wildman–Crippen MR) is 51.5 cm³/mol. The number of alkyl halides is 3. The first kappa shape index (κ1) is 12.2. The Morgan fingerprint density at radius 1 is 0.857 bits per heavy atom. The molecule has 0 spiro atoms. The van der Waals surface area contributed by atoms with Gasteiger partial charge >= 0.3 is 6.18 Å². The highest BCUT2D eigenvalue weighted by Crippen LogP contribution is 2.45. The average molecular weight is 284 g/mol. The lowest BCUT2D eigenvalue weighted by Crippen LogP contribution is -2.07. The van der Waals surface area contributed by atoms with Crippen molar-refractivity contribution in [2.75, 3.05) is 0 Å². The van der Waals surface area contributed by atoms with Gasteiger partial charge in [0.1, 0.15) is 0 Å². The van der Waals surface area contributed by atoms with Crippen LogP contribution in [0.5, 0.6) is 0 Å². The molecule has 0 aliphatic carbocycles. The molecule has 0 amide bonds. The second-order valence-electron chi connectivity index (χ2n) is 2.34. The van der Waals surface area contributed by atoms with Gasteiger partial charge < -0.3 is 0 Å². The van der Waals surface area contributed by atoms with E-state index in [1.54, 1.807) is 0 Å². The third-order valence-corrected chi connectivity index (χ3v) is 2.96. The van der Waals surface area contributed by atoms with Gasteiger partial charge in [0.15, 0.2) is 0 Å². The van der Waals surface area contributed by atoms with Crippen molar-refractivity contribution in [3.8, 4) is 0 Å². The molecule has 0 atom stereocenters. The van der Waals surface area contributed by atoms with Crippen molar-refractivity contribution >= 4 is 46.4 Å². The lowest BCUT2D eigenvalue weighted by atomic mass is 10.2. The monoisotopic (exact) mass is 282 g/mol. The number of halogens is 7. The maximum atomic E-state index is 12.4. The molecular weight excluding hydrogens is 283 g/mol. The highest BCUT2D eigenvalue weighted by molar-refractivity contribution is 6.49. The van der Waals surface area contributed by atoms with Crippen LogP contribution in [-0.2, 0) is 6.18 Å². The Hall–Kier alpha value is 0.170. The zero-order chi connectivity index (χ0) is 11.1. The molecule has 0 bridgehead atoms. The molecule has 0 aliphatic heterocycles. The normalized spacial score (nSPS) is 11.9. The van der Waals surface area contributed by atoms with Gasteiger partial charge in [-0.25, -0.2) is 0 Å². The summed E-state index contributed by atoms with van der Waals surface area (Å²) < 4.78 is 37.1. The third-order valence-electron chi connectivity index (χ3n) is 1.40. The van der Waals surface area contributed by atoms with E-state index in [1.807, 2.05) is 0 Å². The van der Waals surface area contributed by atoms with Crippen LogP contribution in [-0.4, -0.2) is 0 Å². The number of rotatable bonds is 0. The zero-order valence-corrected chi connectivity index (χ0v) is 9.25. The van der Waals surface area contributed by atoms with E-state index < -0.39 is 21.8 Å². The van der Waals surface area contributed by atoms with Crippen LogP contribution < -0.4 is 0 Å². The summed E-state index contributed by atoms with van der Waals surface area (Å²) in [4.78, 5) is 0. The Morgan fingerprint density at radius 3 is 1.79 bits per heavy atom. The van der Waals surface area contributed by atoms with Crippen molar-refractivity contribution in [3.63, 3.8) is 0 Å². The van der Waals surface area contributed by atoms with Gasteiger partial charge in [-0.2, -0.15) is 13.2 Å². The standard InChI is InChI=1S/C7HCl4F3/c8-2-1-3(9)5(10)6(11)4(2)7(12,13)14/h1H. The van der Waals surface area contributed by atoms with Crippen molar-refractivity contribution < 1.29 is 13.2 Å². The molecule has 78 valence electrons. The van der Waals surface area contributed by atoms with Crippen molar-refractivity contribution in [2.45, 2.75) is 6.18 Å². The fourth-order valence-corrected chi connectivity index (χ4v) is 1.95. The molecule has 0 fully saturated rings. The predicted octanol–water partition coefficient (Wildman–Crippen LogP) is 5.32. The molecule has 1 aromatic rings. The molecule has 0 aromatic heterocycles. The van der Waals surface area contributed by atoms with E-state index in [1.165, 1.54) is 0 Å². The van der Waals surface area contributed by atoms with Crippen LogP contribution in [0.25, 0.3) is 0 Å². The van der Waals surface area contributed by atoms with Crippen LogP contribution in [0.2, 0.25) is 20.1 Å². The highest BCUT2D eigenvalue weighted by atomic mass is 35.5. The minimum absolute atomic E-state index is 0.116. The van der Waals surface area contributed by atoms with Gasteiger partial charge in [0.25, 0.3) is 0 Å². The maximum absolute atomic E-state index is 12.4. The van der Waals surface area contributed by atoms with Crippen molar-refractivity contribution in [1.29, 1.82) is 0 Å². The minimum Gasteiger partial charge on any atom is -0.166 e. The SMILES string of the molecule is FC(F)(F)c1c(Cl)cc(Cl)c(Cl)c1Cl. The summed E-state index contributed by atoms with van der Waals surface area (Å²) in [6.45, 7) is 0. The third kappa shape index (κ3) is 2.22. The molecular formula is C7HCl4F3. The van der Waals surface area contributed by atoms with Crippen molar-refractivity contribution in [1.82, 2.24) is 0 Å². The molecule has 0 aliphatic rings. The molecule has 0 unspecified atom stereocenters. The summed E-state index contributed by atoms with van der Waals surface area (Å²) in [6, 6.07) is 0.903. The van der Waals surface area contributed by atoms with Gasteiger partial charge in [0.2, 0.25) is 0 Å². The molecule has 0 saturated carbocycles. The van der Waals surface area contributed by atoms with Gasteiger partial charge in [-0.05, 0) is 6.07 Å². The van der Waals surface area contributed by atoms with Gasteiger partial charge in [0.05, 0.1) is 25.7 Å². The second-order valence-corrected chi connectivity index (χ2v) is 3.91. The lowest BCUT2D eigenvalue weighted by Gasteiger charge is -2.12. The Labute approximate surface area is 97.5 Å². The Balaban J connectivity index is 3.53. The Bertz CT molecular complexity index is 372. The summed E-state index contributed by atoms with van der Waals surface area (Å²) in [5.74, 6) is 0. The summed E-state index contributed by atoms with van der Waals surface area (Å²) in [7, 11) is 0. The van der Waals surface area contributed by atoms with E-state index >= 15 is 0 Å². The number of benzene rings is 1. The summed E-state index contributed by atoms with van der Waals surface area (Å²) >= 11 is 21.6. The first-order valence-corrected chi connectivity index (χ1v) is 4.66. The highest BCUT2D eigenvalue weighted by Gasteiger charge is 2.37. The van der Waals surface area contributed by atoms with Crippen LogP contribution in [0.3, 0.4) is 0 Å². The molecule has 0 saturated heterocycles. The molecule has 1 aromatic carbocycles. The topological polar surface area (TPSA) is 0 Å². The first-order chi connectivity index (χ1) is 6.25. The summed E-state index contributed by atoms with van der Waals surface area (Å²) in [5, 5.41) is -1.73. The minimum atomic E-state index is -4.65. The quantitative estimate of drug-likeness (QED) is 0.447. The van der Waals surface area contributed by atoms with Crippen molar-refractivity contribution in [3.05, 3.63) is 31.7 Å². The van der Waals surface area contributed by atoms with E-state index in [0.29, 0.717) is 0 Å². The Morgan fingerprint density at radius 2 is 1.36 bits per heavy atom. The van der Waals surface area contributed by atoms with Crippen molar-refractivity contribution in [2.24, 2.45) is 0 Å². The molecule has 1 rings (SSSR count). The van der Waals surface area contributed by atoms with Crippen LogP contribution in [0.4, 0.5) is 13.2 Å². The van der Waals surface area contributed by atoms with E-state index in [-0.39, 0.29) is 10.0 Å². The lowest BCUT2D eigenvalue weighted by molar-refractivity contribution is -0.137.